The predicted molar refractivity (Wildman–Crippen MR) is 139 cm³/mol. The summed E-state index contributed by atoms with van der Waals surface area (Å²) in [6.45, 7) is 1.32. The van der Waals surface area contributed by atoms with Crippen LogP contribution in [0.15, 0.2) is 59.5 Å². The van der Waals surface area contributed by atoms with E-state index in [4.69, 9.17) is 0 Å². The smallest absolute Gasteiger partial charge is 0.335 e. The molecule has 2 aliphatic heterocycles. The van der Waals surface area contributed by atoms with Crippen molar-refractivity contribution in [1.82, 2.24) is 4.72 Å². The third kappa shape index (κ3) is 4.17. The van der Waals surface area contributed by atoms with Gasteiger partial charge < -0.3 is 15.3 Å². The molecule has 7 heteroatoms. The van der Waals surface area contributed by atoms with Gasteiger partial charge in [-0.25, -0.2) is 9.18 Å². The Hall–Kier alpha value is -3.03. The van der Waals surface area contributed by atoms with Crippen molar-refractivity contribution in [1.29, 1.82) is 0 Å². The first kappa shape index (κ1) is 22.4. The van der Waals surface area contributed by atoms with Gasteiger partial charge in [-0.1, -0.05) is 37.5 Å². The normalized spacial score (nSPS) is 19.7. The summed E-state index contributed by atoms with van der Waals surface area (Å²) in [6, 6.07) is 16.7. The molecule has 0 aromatic heterocycles. The van der Waals surface area contributed by atoms with Gasteiger partial charge in [-0.15, -0.1) is 0 Å². The maximum Gasteiger partial charge on any atom is 0.335 e. The Bertz CT molecular complexity index is 1290. The summed E-state index contributed by atoms with van der Waals surface area (Å²) >= 11 is 1.65. The highest BCUT2D eigenvalue weighted by molar-refractivity contribution is 7.97. The molecule has 1 saturated carbocycles. The second kappa shape index (κ2) is 9.21. The molecule has 3 aliphatic rings. The number of halogens is 1. The number of nitrogens with zero attached hydrogens (tertiary/aromatic N) is 1. The zero-order valence-electron chi connectivity index (χ0n) is 19.4. The molecule has 0 bridgehead atoms. The van der Waals surface area contributed by atoms with E-state index in [0.29, 0.717) is 24.2 Å². The SMILES string of the molecule is O=C(O)c1ccc2c(c1)-c1cc3c(cc1N(c1ccccc1F)C2)NC[C@@H](C1CCCCC1)NS3. The number of anilines is 3. The molecule has 6 rings (SSSR count). The molecule has 1 atom stereocenters. The van der Waals surface area contributed by atoms with Crippen molar-refractivity contribution in [2.75, 3.05) is 16.8 Å². The van der Waals surface area contributed by atoms with Gasteiger partial charge in [0.15, 0.2) is 0 Å². The van der Waals surface area contributed by atoms with Gasteiger partial charge in [0, 0.05) is 29.6 Å². The molecule has 0 saturated heterocycles. The maximum absolute atomic E-state index is 14.9. The van der Waals surface area contributed by atoms with Crippen LogP contribution in [0.5, 0.6) is 0 Å². The molecule has 2 heterocycles. The van der Waals surface area contributed by atoms with Crippen LogP contribution >= 0.6 is 11.9 Å². The van der Waals surface area contributed by atoms with Crippen LogP contribution in [0.2, 0.25) is 0 Å². The summed E-state index contributed by atoms with van der Waals surface area (Å²) in [4.78, 5) is 14.8. The Morgan fingerprint density at radius 1 is 1.00 bits per heavy atom. The van der Waals surface area contributed by atoms with E-state index in [-0.39, 0.29) is 11.4 Å². The zero-order chi connectivity index (χ0) is 23.9. The summed E-state index contributed by atoms with van der Waals surface area (Å²) in [7, 11) is 0. The fourth-order valence-electron chi connectivity index (χ4n) is 5.67. The summed E-state index contributed by atoms with van der Waals surface area (Å²) in [6.07, 6.45) is 6.46. The molecule has 1 aliphatic carbocycles. The zero-order valence-corrected chi connectivity index (χ0v) is 20.2. The third-order valence-corrected chi connectivity index (χ3v) is 8.54. The molecule has 0 radical (unpaired) electrons. The monoisotopic (exact) mass is 489 g/mol. The Kier molecular flexibility index (Phi) is 5.90. The van der Waals surface area contributed by atoms with Crippen molar-refractivity contribution in [2.24, 2.45) is 5.92 Å². The largest absolute Gasteiger partial charge is 0.478 e. The topological polar surface area (TPSA) is 64.6 Å². The number of fused-ring (bicyclic) bond motifs is 4. The third-order valence-electron chi connectivity index (χ3n) is 7.56. The maximum atomic E-state index is 14.9. The number of carboxylic acid groups (broad SMARTS) is 1. The van der Waals surface area contributed by atoms with Crippen molar-refractivity contribution in [2.45, 2.75) is 49.6 Å². The molecule has 3 aromatic carbocycles. The molecule has 0 spiro atoms. The average Bonchev–Trinajstić information content (AvgIpc) is 3.10. The quantitative estimate of drug-likeness (QED) is 0.351. The highest BCUT2D eigenvalue weighted by atomic mass is 32.2. The van der Waals surface area contributed by atoms with E-state index in [9.17, 15) is 14.3 Å². The van der Waals surface area contributed by atoms with E-state index in [1.807, 2.05) is 17.0 Å². The Morgan fingerprint density at radius 3 is 2.63 bits per heavy atom. The summed E-state index contributed by atoms with van der Waals surface area (Å²) in [5.74, 6) is -0.560. The first-order valence-electron chi connectivity index (χ1n) is 12.3. The highest BCUT2D eigenvalue weighted by Crippen LogP contribution is 2.48. The number of carbonyl (C=O) groups is 1. The molecule has 0 amide bonds. The molecule has 1 fully saturated rings. The van der Waals surface area contributed by atoms with Crippen LogP contribution in [0.25, 0.3) is 11.1 Å². The molecular weight excluding hydrogens is 461 g/mol. The molecule has 180 valence electrons. The number of carboxylic acids is 1. The standard InChI is InChI=1S/C28H28FN3O2S/c29-22-8-4-5-9-25(22)32-16-19-11-10-18(28(33)34)12-20(19)21-13-27-23(14-26(21)32)30-15-24(31-35-27)17-6-2-1-3-7-17/h4-5,8-14,17,24,30-31H,1-3,6-7,15-16H2,(H,33,34)/t24-/m0/s1. The van der Waals surface area contributed by atoms with E-state index in [0.717, 1.165) is 39.5 Å². The number of benzene rings is 3. The highest BCUT2D eigenvalue weighted by Gasteiger charge is 2.30. The van der Waals surface area contributed by atoms with Gasteiger partial charge in [0.25, 0.3) is 0 Å². The Labute approximate surface area is 208 Å². The van der Waals surface area contributed by atoms with Crippen molar-refractivity contribution >= 4 is 35.0 Å². The minimum absolute atomic E-state index is 0.255. The Balaban J connectivity index is 1.44. The second-order valence-electron chi connectivity index (χ2n) is 9.69. The number of rotatable bonds is 3. The molecule has 35 heavy (non-hydrogen) atoms. The minimum Gasteiger partial charge on any atom is -0.478 e. The van der Waals surface area contributed by atoms with Crippen LogP contribution in [0, 0.1) is 11.7 Å². The number of aromatic carboxylic acids is 1. The van der Waals surface area contributed by atoms with Crippen molar-refractivity contribution in [3.05, 3.63) is 71.5 Å². The average molecular weight is 490 g/mol. The van der Waals surface area contributed by atoms with E-state index in [1.54, 1.807) is 36.2 Å². The van der Waals surface area contributed by atoms with Gasteiger partial charge in [-0.2, -0.15) is 0 Å². The van der Waals surface area contributed by atoms with E-state index < -0.39 is 5.97 Å². The number of hydrogen-bond acceptors (Lipinski definition) is 5. The molecule has 5 nitrogen and oxygen atoms in total. The molecule has 0 unspecified atom stereocenters. The lowest BCUT2D eigenvalue weighted by Crippen LogP contribution is -2.37. The van der Waals surface area contributed by atoms with Crippen LogP contribution < -0.4 is 14.9 Å². The lowest BCUT2D eigenvalue weighted by molar-refractivity contribution is 0.0697. The van der Waals surface area contributed by atoms with Crippen LogP contribution in [0.1, 0.15) is 48.0 Å². The van der Waals surface area contributed by atoms with Gasteiger partial charge in [0.05, 0.1) is 22.6 Å². The van der Waals surface area contributed by atoms with Crippen LogP contribution in [0.3, 0.4) is 0 Å². The van der Waals surface area contributed by atoms with Crippen LogP contribution in [-0.2, 0) is 6.54 Å². The number of para-hydroxylation sites is 1. The van der Waals surface area contributed by atoms with Gasteiger partial charge in [0.1, 0.15) is 5.82 Å². The van der Waals surface area contributed by atoms with E-state index in [1.165, 1.54) is 38.2 Å². The molecular formula is C28H28FN3O2S. The second-order valence-corrected chi connectivity index (χ2v) is 10.6. The number of nitrogens with one attached hydrogen (secondary N) is 2. The van der Waals surface area contributed by atoms with Gasteiger partial charge >= 0.3 is 5.97 Å². The summed E-state index contributed by atoms with van der Waals surface area (Å²) in [5, 5.41) is 13.3. The summed E-state index contributed by atoms with van der Waals surface area (Å²) in [5.41, 5.74) is 5.47. The molecule has 3 aromatic rings. The lowest BCUT2D eigenvalue weighted by Gasteiger charge is -2.34. The van der Waals surface area contributed by atoms with Crippen LogP contribution in [0.4, 0.5) is 21.5 Å². The lowest BCUT2D eigenvalue weighted by atomic mass is 9.84. The fourth-order valence-corrected chi connectivity index (χ4v) is 6.64. The fraction of sp³-hybridized carbons (Fsp3) is 0.321. The minimum atomic E-state index is -0.950. The Morgan fingerprint density at radius 2 is 1.83 bits per heavy atom. The first-order valence-corrected chi connectivity index (χ1v) is 13.1. The van der Waals surface area contributed by atoms with Crippen LogP contribution in [-0.4, -0.2) is 23.7 Å². The van der Waals surface area contributed by atoms with Crippen molar-refractivity contribution in [3.8, 4) is 11.1 Å². The van der Waals surface area contributed by atoms with Gasteiger partial charge in [0.2, 0.25) is 0 Å². The van der Waals surface area contributed by atoms with E-state index >= 15 is 0 Å². The summed E-state index contributed by atoms with van der Waals surface area (Å²) < 4.78 is 18.6. The predicted octanol–water partition coefficient (Wildman–Crippen LogP) is 6.81. The number of hydrogen-bond donors (Lipinski definition) is 3. The molecule has 3 N–H and O–H groups in total. The van der Waals surface area contributed by atoms with E-state index in [2.05, 4.69) is 22.2 Å². The van der Waals surface area contributed by atoms with Gasteiger partial charge in [-0.3, -0.25) is 4.72 Å². The first-order chi connectivity index (χ1) is 17.1. The van der Waals surface area contributed by atoms with Crippen molar-refractivity contribution < 1.29 is 14.3 Å². The van der Waals surface area contributed by atoms with Crippen molar-refractivity contribution in [3.63, 3.8) is 0 Å². The van der Waals surface area contributed by atoms with Gasteiger partial charge in [-0.05, 0) is 78.2 Å².